The molecule has 0 radical (unpaired) electrons. The van der Waals surface area contributed by atoms with Gasteiger partial charge in [0, 0.05) is 25.8 Å². The summed E-state index contributed by atoms with van der Waals surface area (Å²) >= 11 is 0. The van der Waals surface area contributed by atoms with Gasteiger partial charge in [-0.1, -0.05) is 19.9 Å². The van der Waals surface area contributed by atoms with Crippen LogP contribution in [0.25, 0.3) is 0 Å². The van der Waals surface area contributed by atoms with E-state index in [1.807, 2.05) is 31.7 Å². The van der Waals surface area contributed by atoms with Crippen LogP contribution < -0.4 is 0 Å². The zero-order valence-electron chi connectivity index (χ0n) is 15.1. The molecule has 0 N–H and O–H groups in total. The van der Waals surface area contributed by atoms with Crippen molar-refractivity contribution < 1.29 is 14.3 Å². The number of amides is 2. The number of carbonyl (C=O) groups is 2. The number of hydrogen-bond donors (Lipinski definition) is 0. The van der Waals surface area contributed by atoms with E-state index in [1.165, 1.54) is 0 Å². The van der Waals surface area contributed by atoms with Gasteiger partial charge >= 0.3 is 6.09 Å². The highest BCUT2D eigenvalue weighted by molar-refractivity contribution is 5.87. The maximum Gasteiger partial charge on any atom is 0.414 e. The lowest BCUT2D eigenvalue weighted by Gasteiger charge is -2.33. The summed E-state index contributed by atoms with van der Waals surface area (Å²) in [6.45, 7) is 11.8. The first-order valence-corrected chi connectivity index (χ1v) is 8.61. The number of carbonyl (C=O) groups excluding carboxylic acids is 2. The maximum atomic E-state index is 13.1. The number of likely N-dealkylation sites (tertiary alicyclic amines) is 1. The first-order valence-electron chi connectivity index (χ1n) is 8.61. The Bertz CT molecular complexity index is 487. The molecule has 0 aromatic heterocycles. The van der Waals surface area contributed by atoms with E-state index in [9.17, 15) is 9.59 Å². The lowest BCUT2D eigenvalue weighted by atomic mass is 9.79. The molecule has 0 bridgehead atoms. The highest BCUT2D eigenvalue weighted by atomic mass is 16.6. The van der Waals surface area contributed by atoms with Gasteiger partial charge in [-0.15, -0.1) is 0 Å². The predicted octanol–water partition coefficient (Wildman–Crippen LogP) is 3.41. The molecular weight excluding hydrogens is 292 g/mol. The van der Waals surface area contributed by atoms with Crippen LogP contribution in [0.5, 0.6) is 0 Å². The molecule has 2 aliphatic rings. The Hall–Kier alpha value is -1.52. The number of ether oxygens (including phenoxy) is 1. The van der Waals surface area contributed by atoms with E-state index in [2.05, 4.69) is 13.8 Å². The van der Waals surface area contributed by atoms with E-state index in [0.29, 0.717) is 12.5 Å². The van der Waals surface area contributed by atoms with Crippen molar-refractivity contribution in [2.45, 2.75) is 59.5 Å². The van der Waals surface area contributed by atoms with Crippen molar-refractivity contribution in [3.8, 4) is 0 Å². The Morgan fingerprint density at radius 3 is 2.35 bits per heavy atom. The fourth-order valence-corrected chi connectivity index (χ4v) is 3.41. The smallest absolute Gasteiger partial charge is 0.414 e. The molecule has 0 aliphatic carbocycles. The molecule has 2 heterocycles. The molecule has 1 atom stereocenters. The van der Waals surface area contributed by atoms with E-state index in [0.717, 1.165) is 32.4 Å². The quantitative estimate of drug-likeness (QED) is 0.800. The highest BCUT2D eigenvalue weighted by Gasteiger charge is 2.46. The molecule has 1 fully saturated rings. The molecule has 5 heteroatoms. The van der Waals surface area contributed by atoms with E-state index in [-0.39, 0.29) is 12.0 Å². The summed E-state index contributed by atoms with van der Waals surface area (Å²) in [7, 11) is 0. The predicted molar refractivity (Wildman–Crippen MR) is 89.8 cm³/mol. The van der Waals surface area contributed by atoms with Crippen LogP contribution in [0.1, 0.15) is 53.9 Å². The summed E-state index contributed by atoms with van der Waals surface area (Å²) in [6, 6.07) is 0. The van der Waals surface area contributed by atoms with Crippen molar-refractivity contribution >= 4 is 12.0 Å². The molecule has 2 aliphatic heterocycles. The SMILES string of the molecule is CC(C)C[C@@]1(C(=O)N2CCCC2)C=CN(C(=O)OC(C)(C)C)C1. The second-order valence-corrected chi connectivity index (χ2v) is 8.18. The molecule has 2 rings (SSSR count). The van der Waals surface area contributed by atoms with Gasteiger partial charge in [-0.2, -0.15) is 0 Å². The van der Waals surface area contributed by atoms with Crippen LogP contribution in [0.15, 0.2) is 12.3 Å². The minimum Gasteiger partial charge on any atom is -0.443 e. The van der Waals surface area contributed by atoms with Crippen LogP contribution in [-0.2, 0) is 9.53 Å². The van der Waals surface area contributed by atoms with Crippen LogP contribution in [0.2, 0.25) is 0 Å². The number of rotatable bonds is 3. The fourth-order valence-electron chi connectivity index (χ4n) is 3.41. The van der Waals surface area contributed by atoms with Crippen LogP contribution >= 0.6 is 0 Å². The third-order valence-corrected chi connectivity index (χ3v) is 4.25. The molecule has 0 spiro atoms. The molecule has 2 amide bonds. The van der Waals surface area contributed by atoms with Gasteiger partial charge < -0.3 is 9.64 Å². The molecular formula is C18H30N2O3. The van der Waals surface area contributed by atoms with E-state index < -0.39 is 11.0 Å². The lowest BCUT2D eigenvalue weighted by Crippen LogP contribution is -2.46. The van der Waals surface area contributed by atoms with E-state index >= 15 is 0 Å². The summed E-state index contributed by atoms with van der Waals surface area (Å²) in [6.07, 6.45) is 6.15. The normalized spacial score (nSPS) is 24.6. The molecule has 0 unspecified atom stereocenters. The number of hydrogen-bond acceptors (Lipinski definition) is 3. The van der Waals surface area contributed by atoms with Crippen LogP contribution in [0.4, 0.5) is 4.79 Å². The molecule has 0 saturated carbocycles. The van der Waals surface area contributed by atoms with Gasteiger partial charge in [-0.25, -0.2) is 4.79 Å². The molecule has 23 heavy (non-hydrogen) atoms. The third kappa shape index (κ3) is 4.27. The number of nitrogens with zero attached hydrogens (tertiary/aromatic N) is 2. The highest BCUT2D eigenvalue weighted by Crippen LogP contribution is 2.37. The minimum atomic E-state index is -0.602. The second kappa shape index (κ2) is 6.54. The summed E-state index contributed by atoms with van der Waals surface area (Å²) in [5, 5.41) is 0. The van der Waals surface area contributed by atoms with E-state index in [1.54, 1.807) is 11.1 Å². The fraction of sp³-hybridized carbons (Fsp3) is 0.778. The van der Waals surface area contributed by atoms with Crippen molar-refractivity contribution in [2.24, 2.45) is 11.3 Å². The van der Waals surface area contributed by atoms with Gasteiger partial charge in [0.05, 0.1) is 5.41 Å². The van der Waals surface area contributed by atoms with Gasteiger partial charge in [0.15, 0.2) is 0 Å². The standard InChI is InChI=1S/C18H30N2O3/c1-14(2)12-18(15(21)19-9-6-7-10-19)8-11-20(13-18)16(22)23-17(3,4)5/h8,11,14H,6-7,9-10,12-13H2,1-5H3/t18-/m0/s1. The summed E-state index contributed by atoms with van der Waals surface area (Å²) in [4.78, 5) is 28.9. The second-order valence-electron chi connectivity index (χ2n) is 8.18. The molecule has 0 aromatic rings. The zero-order valence-corrected chi connectivity index (χ0v) is 15.1. The van der Waals surface area contributed by atoms with Crippen molar-refractivity contribution in [2.75, 3.05) is 19.6 Å². The topological polar surface area (TPSA) is 49.9 Å². The Kier molecular flexibility index (Phi) is 5.07. The van der Waals surface area contributed by atoms with Gasteiger partial charge in [0.25, 0.3) is 0 Å². The third-order valence-electron chi connectivity index (χ3n) is 4.25. The Morgan fingerprint density at radius 1 is 1.22 bits per heavy atom. The van der Waals surface area contributed by atoms with Crippen molar-refractivity contribution in [1.82, 2.24) is 9.80 Å². The van der Waals surface area contributed by atoms with Gasteiger partial charge in [0.1, 0.15) is 5.60 Å². The maximum absolute atomic E-state index is 13.1. The van der Waals surface area contributed by atoms with Crippen molar-refractivity contribution in [1.29, 1.82) is 0 Å². The van der Waals surface area contributed by atoms with Crippen LogP contribution in [0, 0.1) is 11.3 Å². The zero-order chi connectivity index (χ0) is 17.3. The lowest BCUT2D eigenvalue weighted by molar-refractivity contribution is -0.139. The molecule has 130 valence electrons. The van der Waals surface area contributed by atoms with Crippen molar-refractivity contribution in [3.05, 3.63) is 12.3 Å². The summed E-state index contributed by atoms with van der Waals surface area (Å²) in [5.41, 5.74) is -1.14. The monoisotopic (exact) mass is 322 g/mol. The van der Waals surface area contributed by atoms with Gasteiger partial charge in [-0.05, 0) is 46.0 Å². The van der Waals surface area contributed by atoms with Gasteiger partial charge in [-0.3, -0.25) is 9.69 Å². The minimum absolute atomic E-state index is 0.158. The first kappa shape index (κ1) is 17.8. The Balaban J connectivity index is 2.13. The first-order chi connectivity index (χ1) is 10.6. The largest absolute Gasteiger partial charge is 0.443 e. The van der Waals surface area contributed by atoms with Crippen LogP contribution in [-0.4, -0.2) is 47.0 Å². The Morgan fingerprint density at radius 2 is 1.83 bits per heavy atom. The average Bonchev–Trinajstić information content (AvgIpc) is 3.04. The Labute approximate surface area is 139 Å². The van der Waals surface area contributed by atoms with Gasteiger partial charge in [0.2, 0.25) is 5.91 Å². The van der Waals surface area contributed by atoms with Crippen molar-refractivity contribution in [3.63, 3.8) is 0 Å². The summed E-state index contributed by atoms with van der Waals surface area (Å²) in [5.74, 6) is 0.538. The molecule has 1 saturated heterocycles. The average molecular weight is 322 g/mol. The summed E-state index contributed by atoms with van der Waals surface area (Å²) < 4.78 is 5.44. The molecule has 0 aromatic carbocycles. The van der Waals surface area contributed by atoms with E-state index in [4.69, 9.17) is 4.74 Å². The molecule has 5 nitrogen and oxygen atoms in total. The van der Waals surface area contributed by atoms with Crippen LogP contribution in [0.3, 0.4) is 0 Å².